The summed E-state index contributed by atoms with van der Waals surface area (Å²) < 4.78 is 41.5. The molecule has 8 nitrogen and oxygen atoms in total. The number of nitrogens with one attached hydrogen (secondary N) is 2. The van der Waals surface area contributed by atoms with Crippen molar-refractivity contribution in [1.29, 1.82) is 0 Å². The van der Waals surface area contributed by atoms with Crippen molar-refractivity contribution in [3.8, 4) is 5.69 Å². The van der Waals surface area contributed by atoms with Crippen LogP contribution in [-0.4, -0.2) is 56.6 Å². The number of halogens is 3. The molecule has 6 rings (SSSR count). The summed E-state index contributed by atoms with van der Waals surface area (Å²) >= 11 is 1.54. The minimum absolute atomic E-state index is 0.00769. The van der Waals surface area contributed by atoms with Crippen LogP contribution >= 0.6 is 11.3 Å². The lowest BCUT2D eigenvalue weighted by molar-refractivity contribution is -0.137. The van der Waals surface area contributed by atoms with E-state index >= 15 is 0 Å². The summed E-state index contributed by atoms with van der Waals surface area (Å²) in [6, 6.07) is 22.3. The Kier molecular flexibility index (Phi) is 10.8. The van der Waals surface area contributed by atoms with E-state index in [1.54, 1.807) is 35.6 Å². The maximum atomic E-state index is 14.1. The molecule has 2 amide bonds. The number of amides is 2. The molecule has 3 N–H and O–H groups in total. The molecule has 1 unspecified atom stereocenters. The van der Waals surface area contributed by atoms with E-state index in [1.165, 1.54) is 6.07 Å². The Balaban J connectivity index is 1.23. The lowest BCUT2D eigenvalue weighted by atomic mass is 9.99. The molecule has 0 radical (unpaired) electrons. The number of aromatic nitrogens is 2. The van der Waals surface area contributed by atoms with Crippen LogP contribution in [0.15, 0.2) is 103 Å². The number of thiazole rings is 1. The number of rotatable bonds is 12. The average Bonchev–Trinajstić information content (AvgIpc) is 3.90. The molecular formula is C38H38F3N5O3S. The van der Waals surface area contributed by atoms with Gasteiger partial charge in [0.15, 0.2) is 0 Å². The lowest BCUT2D eigenvalue weighted by Gasteiger charge is -2.26. The van der Waals surface area contributed by atoms with Crippen molar-refractivity contribution in [2.45, 2.75) is 57.1 Å². The molecule has 260 valence electrons. The number of aryl methyl sites for hydroxylation is 1. The van der Waals surface area contributed by atoms with E-state index in [4.69, 9.17) is 0 Å². The number of hydrogen-bond donors (Lipinski definition) is 3. The molecule has 50 heavy (non-hydrogen) atoms. The highest BCUT2D eigenvalue weighted by Crippen LogP contribution is 2.35. The number of aliphatic hydroxyl groups excluding tert-OH is 1. The van der Waals surface area contributed by atoms with Crippen molar-refractivity contribution in [1.82, 2.24) is 25.1 Å². The van der Waals surface area contributed by atoms with Gasteiger partial charge in [0.2, 0.25) is 0 Å². The maximum Gasteiger partial charge on any atom is 0.416 e. The van der Waals surface area contributed by atoms with E-state index in [0.717, 1.165) is 41.2 Å². The Morgan fingerprint density at radius 3 is 2.44 bits per heavy atom. The second kappa shape index (κ2) is 15.4. The minimum Gasteiger partial charge on any atom is -0.390 e. The SMILES string of the molecule is Cc1csc(C2CCCN2C(=O)c2cc(C(=O)N[C@@H](Cc3ccccc3)[C@H](O)CNCc3cccc(C(F)(F)F)c3)cc(-n3cccc3)c2)n1. The Morgan fingerprint density at radius 1 is 0.980 bits per heavy atom. The van der Waals surface area contributed by atoms with Gasteiger partial charge in [0.25, 0.3) is 11.8 Å². The summed E-state index contributed by atoms with van der Waals surface area (Å²) in [6.45, 7) is 2.61. The number of aliphatic hydroxyl groups is 1. The highest BCUT2D eigenvalue weighted by molar-refractivity contribution is 7.09. The minimum atomic E-state index is -4.46. The van der Waals surface area contributed by atoms with E-state index < -0.39 is 29.8 Å². The second-order valence-electron chi connectivity index (χ2n) is 12.5. The zero-order valence-corrected chi connectivity index (χ0v) is 28.3. The molecule has 0 saturated carbocycles. The Hall–Kier alpha value is -4.78. The first kappa shape index (κ1) is 35.1. The molecule has 12 heteroatoms. The van der Waals surface area contributed by atoms with Gasteiger partial charge in [-0.3, -0.25) is 9.59 Å². The predicted molar refractivity (Wildman–Crippen MR) is 186 cm³/mol. The van der Waals surface area contributed by atoms with Gasteiger partial charge in [0, 0.05) is 59.9 Å². The van der Waals surface area contributed by atoms with Crippen LogP contribution in [-0.2, 0) is 19.1 Å². The van der Waals surface area contributed by atoms with Crippen LogP contribution in [0.25, 0.3) is 5.69 Å². The number of nitrogens with zero attached hydrogens (tertiary/aromatic N) is 3. The third-order valence-electron chi connectivity index (χ3n) is 8.78. The number of carbonyl (C=O) groups is 2. The summed E-state index contributed by atoms with van der Waals surface area (Å²) in [4.78, 5) is 34.5. The van der Waals surface area contributed by atoms with Gasteiger partial charge in [-0.15, -0.1) is 11.3 Å². The van der Waals surface area contributed by atoms with Gasteiger partial charge in [0.05, 0.1) is 23.8 Å². The molecule has 1 fully saturated rings. The number of alkyl halides is 3. The first-order valence-corrected chi connectivity index (χ1v) is 17.3. The number of likely N-dealkylation sites (tertiary alicyclic amines) is 1. The van der Waals surface area contributed by atoms with Crippen LogP contribution in [0.4, 0.5) is 13.2 Å². The van der Waals surface area contributed by atoms with Crippen LogP contribution in [0.5, 0.6) is 0 Å². The van der Waals surface area contributed by atoms with Crippen molar-refractivity contribution < 1.29 is 27.9 Å². The first-order valence-electron chi connectivity index (χ1n) is 16.5. The highest BCUT2D eigenvalue weighted by Gasteiger charge is 2.33. The molecule has 5 aromatic rings. The van der Waals surface area contributed by atoms with Crippen molar-refractivity contribution in [3.63, 3.8) is 0 Å². The van der Waals surface area contributed by atoms with Crippen molar-refractivity contribution >= 4 is 23.2 Å². The summed E-state index contributed by atoms with van der Waals surface area (Å²) in [5, 5.41) is 20.2. The molecule has 0 spiro atoms. The topological polar surface area (TPSA) is 99.5 Å². The van der Waals surface area contributed by atoms with E-state index in [9.17, 15) is 27.9 Å². The van der Waals surface area contributed by atoms with E-state index in [1.807, 2.05) is 76.6 Å². The smallest absolute Gasteiger partial charge is 0.390 e. The van der Waals surface area contributed by atoms with Gasteiger partial charge in [-0.1, -0.05) is 48.5 Å². The molecule has 3 atom stereocenters. The molecule has 1 aliphatic rings. The quantitative estimate of drug-likeness (QED) is 0.134. The van der Waals surface area contributed by atoms with E-state index in [-0.39, 0.29) is 30.6 Å². The molecule has 2 aromatic heterocycles. The van der Waals surface area contributed by atoms with Gasteiger partial charge in [-0.2, -0.15) is 13.2 Å². The predicted octanol–water partition coefficient (Wildman–Crippen LogP) is 6.73. The fraction of sp³-hybridized carbons (Fsp3) is 0.289. The van der Waals surface area contributed by atoms with Gasteiger partial charge in [0.1, 0.15) is 5.01 Å². The molecule has 0 aliphatic carbocycles. The molecule has 0 bridgehead atoms. The van der Waals surface area contributed by atoms with Crippen LogP contribution in [0.2, 0.25) is 0 Å². The number of hydrogen-bond acceptors (Lipinski definition) is 6. The zero-order valence-electron chi connectivity index (χ0n) is 27.4. The Labute approximate surface area is 292 Å². The van der Waals surface area contributed by atoms with Gasteiger partial charge < -0.3 is 25.2 Å². The van der Waals surface area contributed by atoms with Gasteiger partial charge >= 0.3 is 6.18 Å². The van der Waals surface area contributed by atoms with Crippen LogP contribution in [0.1, 0.15) is 67.0 Å². The Morgan fingerprint density at radius 2 is 1.72 bits per heavy atom. The lowest BCUT2D eigenvalue weighted by Crippen LogP contribution is -2.48. The van der Waals surface area contributed by atoms with E-state index in [0.29, 0.717) is 29.8 Å². The summed E-state index contributed by atoms with van der Waals surface area (Å²) in [7, 11) is 0. The number of carbonyl (C=O) groups excluding carboxylic acids is 2. The summed E-state index contributed by atoms with van der Waals surface area (Å²) in [5.74, 6) is -0.664. The highest BCUT2D eigenvalue weighted by atomic mass is 32.1. The standard InChI is InChI=1S/C38H38F3N5O3S/c1-25-24-50-36(43-25)33-13-8-16-46(33)37(49)29-19-28(20-31(21-29)45-14-5-6-15-45)35(48)44-32(18-26-9-3-2-4-10-26)34(47)23-42-22-27-11-7-12-30(17-27)38(39,40)41/h2-7,9-12,14-15,17,19-21,24,32-34,42,47H,8,13,16,18,22-23H2,1H3,(H,44,48)/t32-,33?,34+/m0/s1. The Bertz CT molecular complexity index is 1910. The molecule has 1 aliphatic heterocycles. The molecule has 3 heterocycles. The molecular weight excluding hydrogens is 664 g/mol. The van der Waals surface area contributed by atoms with E-state index in [2.05, 4.69) is 15.6 Å². The normalized spacial score (nSPS) is 15.9. The maximum absolute atomic E-state index is 14.1. The van der Waals surface area contributed by atoms with Crippen LogP contribution in [0, 0.1) is 6.92 Å². The molecule has 1 saturated heterocycles. The van der Waals surface area contributed by atoms with Crippen LogP contribution < -0.4 is 10.6 Å². The fourth-order valence-electron chi connectivity index (χ4n) is 6.25. The van der Waals surface area contributed by atoms with Gasteiger partial charge in [-0.05, 0) is 73.7 Å². The fourth-order valence-corrected chi connectivity index (χ4v) is 7.19. The van der Waals surface area contributed by atoms with Crippen molar-refractivity contribution in [2.24, 2.45) is 0 Å². The molecule has 3 aromatic carbocycles. The van der Waals surface area contributed by atoms with Crippen molar-refractivity contribution in [2.75, 3.05) is 13.1 Å². The van der Waals surface area contributed by atoms with Crippen molar-refractivity contribution in [3.05, 3.63) is 141 Å². The average molecular weight is 702 g/mol. The number of benzene rings is 3. The third kappa shape index (κ3) is 8.50. The third-order valence-corrected chi connectivity index (χ3v) is 9.85. The second-order valence-corrected chi connectivity index (χ2v) is 13.4. The first-order chi connectivity index (χ1) is 24.0. The largest absolute Gasteiger partial charge is 0.416 e. The monoisotopic (exact) mass is 701 g/mol. The van der Waals surface area contributed by atoms with Crippen LogP contribution in [0.3, 0.4) is 0 Å². The summed E-state index contributed by atoms with van der Waals surface area (Å²) in [5.41, 5.74) is 2.71. The van der Waals surface area contributed by atoms with Gasteiger partial charge in [-0.25, -0.2) is 4.98 Å². The summed E-state index contributed by atoms with van der Waals surface area (Å²) in [6.07, 6.45) is 0.0712. The zero-order chi connectivity index (χ0) is 35.3.